The molecule has 104 valence electrons. The van der Waals surface area contributed by atoms with Crippen LogP contribution in [0.5, 0.6) is 0 Å². The molecule has 2 rings (SSSR count). The molecule has 0 radical (unpaired) electrons. The minimum Gasteiger partial charge on any atom is -0.338 e. The SMILES string of the molecule is Cc1nccc(C(=O)N(C)C2CCS(=O)(=O)C2)c1C. The van der Waals surface area contributed by atoms with Crippen molar-refractivity contribution in [3.8, 4) is 0 Å². The lowest BCUT2D eigenvalue weighted by molar-refractivity contribution is 0.0746. The van der Waals surface area contributed by atoms with Gasteiger partial charge >= 0.3 is 0 Å². The molecule has 1 aromatic heterocycles. The van der Waals surface area contributed by atoms with E-state index in [4.69, 9.17) is 0 Å². The molecule has 1 aromatic rings. The summed E-state index contributed by atoms with van der Waals surface area (Å²) in [7, 11) is -1.31. The van der Waals surface area contributed by atoms with E-state index in [0.29, 0.717) is 12.0 Å². The first-order valence-corrected chi connectivity index (χ1v) is 8.04. The van der Waals surface area contributed by atoms with Crippen LogP contribution in [0.3, 0.4) is 0 Å². The van der Waals surface area contributed by atoms with Gasteiger partial charge in [-0.2, -0.15) is 0 Å². The zero-order chi connectivity index (χ0) is 14.2. The zero-order valence-corrected chi connectivity index (χ0v) is 12.2. The van der Waals surface area contributed by atoms with Gasteiger partial charge in [0.15, 0.2) is 9.84 Å². The Bertz CT molecular complexity index is 610. The van der Waals surface area contributed by atoms with Crippen LogP contribution in [0.25, 0.3) is 0 Å². The maximum absolute atomic E-state index is 12.4. The number of pyridine rings is 1. The number of rotatable bonds is 2. The van der Waals surface area contributed by atoms with Gasteiger partial charge in [-0.05, 0) is 31.9 Å². The van der Waals surface area contributed by atoms with Crippen molar-refractivity contribution in [1.82, 2.24) is 9.88 Å². The van der Waals surface area contributed by atoms with E-state index in [-0.39, 0.29) is 23.5 Å². The summed E-state index contributed by atoms with van der Waals surface area (Å²) in [5.41, 5.74) is 2.26. The van der Waals surface area contributed by atoms with Gasteiger partial charge in [0.1, 0.15) is 0 Å². The van der Waals surface area contributed by atoms with Crippen LogP contribution < -0.4 is 0 Å². The predicted octanol–water partition coefficient (Wildman–Crippen LogP) is 0.958. The maximum Gasteiger partial charge on any atom is 0.254 e. The van der Waals surface area contributed by atoms with E-state index >= 15 is 0 Å². The predicted molar refractivity (Wildman–Crippen MR) is 72.9 cm³/mol. The third kappa shape index (κ3) is 2.78. The van der Waals surface area contributed by atoms with Gasteiger partial charge in [0.05, 0.1) is 11.5 Å². The molecule has 19 heavy (non-hydrogen) atoms. The Kier molecular flexibility index (Phi) is 3.62. The summed E-state index contributed by atoms with van der Waals surface area (Å²) in [6.07, 6.45) is 2.13. The molecule has 1 aliphatic heterocycles. The van der Waals surface area contributed by atoms with E-state index in [1.54, 1.807) is 24.2 Å². The van der Waals surface area contributed by atoms with Crippen molar-refractivity contribution in [2.24, 2.45) is 0 Å². The van der Waals surface area contributed by atoms with Gasteiger partial charge in [0.25, 0.3) is 5.91 Å². The van der Waals surface area contributed by atoms with Crippen molar-refractivity contribution in [3.63, 3.8) is 0 Å². The van der Waals surface area contributed by atoms with Crippen LogP contribution in [-0.4, -0.2) is 48.8 Å². The summed E-state index contributed by atoms with van der Waals surface area (Å²) in [4.78, 5) is 18.1. The summed E-state index contributed by atoms with van der Waals surface area (Å²) in [5.74, 6) is 0.104. The summed E-state index contributed by atoms with van der Waals surface area (Å²) in [6.45, 7) is 3.71. The van der Waals surface area contributed by atoms with E-state index in [9.17, 15) is 13.2 Å². The summed E-state index contributed by atoms with van der Waals surface area (Å²) in [6, 6.07) is 1.47. The van der Waals surface area contributed by atoms with Gasteiger partial charge in [-0.25, -0.2) is 8.42 Å². The van der Waals surface area contributed by atoms with Gasteiger partial charge in [-0.15, -0.1) is 0 Å². The number of hydrogen-bond donors (Lipinski definition) is 0. The van der Waals surface area contributed by atoms with Crippen LogP contribution >= 0.6 is 0 Å². The molecular weight excluding hydrogens is 264 g/mol. The molecule has 0 bridgehead atoms. The first-order chi connectivity index (χ1) is 8.82. The van der Waals surface area contributed by atoms with Gasteiger partial charge in [-0.3, -0.25) is 9.78 Å². The van der Waals surface area contributed by atoms with Crippen molar-refractivity contribution in [1.29, 1.82) is 0 Å². The molecule has 1 unspecified atom stereocenters. The number of carbonyl (C=O) groups is 1. The average Bonchev–Trinajstić information content (AvgIpc) is 2.71. The highest BCUT2D eigenvalue weighted by atomic mass is 32.2. The molecule has 1 saturated heterocycles. The molecule has 1 atom stereocenters. The fraction of sp³-hybridized carbons (Fsp3) is 0.538. The first kappa shape index (κ1) is 14.0. The Balaban J connectivity index is 2.23. The van der Waals surface area contributed by atoms with Crippen LogP contribution in [-0.2, 0) is 9.84 Å². The standard InChI is InChI=1S/C13H18N2O3S/c1-9-10(2)14-6-4-12(9)13(16)15(3)11-5-7-19(17,18)8-11/h4,6,11H,5,7-8H2,1-3H3. The molecule has 5 nitrogen and oxygen atoms in total. The van der Waals surface area contributed by atoms with Crippen LogP contribution in [0, 0.1) is 13.8 Å². The minimum absolute atomic E-state index is 0.0678. The lowest BCUT2D eigenvalue weighted by Gasteiger charge is -2.24. The molecule has 2 heterocycles. The lowest BCUT2D eigenvalue weighted by Crippen LogP contribution is -2.38. The molecule has 0 spiro atoms. The average molecular weight is 282 g/mol. The molecule has 6 heteroatoms. The van der Waals surface area contributed by atoms with E-state index in [1.807, 2.05) is 13.8 Å². The van der Waals surface area contributed by atoms with Crippen LogP contribution in [0.1, 0.15) is 28.0 Å². The van der Waals surface area contributed by atoms with Crippen molar-refractivity contribution in [2.45, 2.75) is 26.3 Å². The van der Waals surface area contributed by atoms with Crippen LogP contribution in [0.4, 0.5) is 0 Å². The van der Waals surface area contributed by atoms with E-state index in [0.717, 1.165) is 11.3 Å². The zero-order valence-electron chi connectivity index (χ0n) is 11.4. The second-order valence-corrected chi connectivity index (χ2v) is 7.27. The number of amides is 1. The number of sulfone groups is 1. The lowest BCUT2D eigenvalue weighted by atomic mass is 10.1. The van der Waals surface area contributed by atoms with E-state index in [2.05, 4.69) is 4.98 Å². The molecule has 1 amide bonds. The number of carbonyl (C=O) groups excluding carboxylic acids is 1. The topological polar surface area (TPSA) is 67.3 Å². The number of nitrogens with zero attached hydrogens (tertiary/aromatic N) is 2. The number of aryl methyl sites for hydroxylation is 1. The normalized spacial score (nSPS) is 21.3. The molecule has 0 aromatic carbocycles. The fourth-order valence-corrected chi connectivity index (χ4v) is 4.08. The highest BCUT2D eigenvalue weighted by molar-refractivity contribution is 7.91. The van der Waals surface area contributed by atoms with Crippen molar-refractivity contribution in [3.05, 3.63) is 29.1 Å². The molecule has 0 saturated carbocycles. The number of hydrogen-bond acceptors (Lipinski definition) is 4. The Hall–Kier alpha value is -1.43. The van der Waals surface area contributed by atoms with E-state index in [1.165, 1.54) is 0 Å². The highest BCUT2D eigenvalue weighted by Crippen LogP contribution is 2.20. The molecule has 0 N–H and O–H groups in total. The molecule has 1 fully saturated rings. The number of aromatic nitrogens is 1. The van der Waals surface area contributed by atoms with Gasteiger partial charge < -0.3 is 4.90 Å². The highest BCUT2D eigenvalue weighted by Gasteiger charge is 2.33. The third-order valence-corrected chi connectivity index (χ3v) is 5.51. The molecular formula is C13H18N2O3S. The summed E-state index contributed by atoms with van der Waals surface area (Å²) < 4.78 is 23.0. The molecule has 1 aliphatic rings. The van der Waals surface area contributed by atoms with Crippen LogP contribution in [0.2, 0.25) is 0 Å². The summed E-state index contributed by atoms with van der Waals surface area (Å²) >= 11 is 0. The second kappa shape index (κ2) is 4.92. The largest absolute Gasteiger partial charge is 0.338 e. The van der Waals surface area contributed by atoms with Gasteiger partial charge in [0.2, 0.25) is 0 Å². The Morgan fingerprint density at radius 2 is 2.11 bits per heavy atom. The Morgan fingerprint density at radius 3 is 2.68 bits per heavy atom. The minimum atomic E-state index is -2.98. The second-order valence-electron chi connectivity index (χ2n) is 5.04. The molecule has 0 aliphatic carbocycles. The van der Waals surface area contributed by atoms with Crippen LogP contribution in [0.15, 0.2) is 12.3 Å². The first-order valence-electron chi connectivity index (χ1n) is 6.21. The van der Waals surface area contributed by atoms with Crippen molar-refractivity contribution >= 4 is 15.7 Å². The van der Waals surface area contributed by atoms with E-state index < -0.39 is 9.84 Å². The van der Waals surface area contributed by atoms with Crippen molar-refractivity contribution in [2.75, 3.05) is 18.6 Å². The Labute approximate surface area is 113 Å². The summed E-state index contributed by atoms with van der Waals surface area (Å²) in [5, 5.41) is 0. The maximum atomic E-state index is 12.4. The van der Waals surface area contributed by atoms with Gasteiger partial charge in [0, 0.05) is 30.5 Å². The van der Waals surface area contributed by atoms with Gasteiger partial charge in [-0.1, -0.05) is 0 Å². The monoisotopic (exact) mass is 282 g/mol. The Morgan fingerprint density at radius 1 is 1.42 bits per heavy atom. The smallest absolute Gasteiger partial charge is 0.254 e. The quantitative estimate of drug-likeness (QED) is 0.810. The fourth-order valence-electron chi connectivity index (χ4n) is 2.31. The third-order valence-electron chi connectivity index (χ3n) is 3.76. The van der Waals surface area contributed by atoms with Crippen molar-refractivity contribution < 1.29 is 13.2 Å².